The fourth-order valence-electron chi connectivity index (χ4n) is 3.33. The second-order valence-corrected chi connectivity index (χ2v) is 7.07. The number of hydrogen-bond donors (Lipinski definition) is 1. The average molecular weight is 389 g/mol. The molecule has 0 bridgehead atoms. The summed E-state index contributed by atoms with van der Waals surface area (Å²) in [5.41, 5.74) is 3.29. The van der Waals surface area contributed by atoms with Crippen molar-refractivity contribution in [1.82, 2.24) is 10.2 Å². The van der Waals surface area contributed by atoms with Crippen molar-refractivity contribution in [2.45, 2.75) is 19.5 Å². The molecular weight excluding hydrogens is 360 g/mol. The van der Waals surface area contributed by atoms with Crippen LogP contribution in [-0.2, 0) is 11.3 Å². The summed E-state index contributed by atoms with van der Waals surface area (Å²) in [6.45, 7) is 3.65. The smallest absolute Gasteiger partial charge is 0.234 e. The van der Waals surface area contributed by atoms with Gasteiger partial charge in [0.2, 0.25) is 5.91 Å². The largest absolute Gasteiger partial charge is 0.494 e. The number of nitrogens with one attached hydrogen (secondary N) is 1. The van der Waals surface area contributed by atoms with Crippen LogP contribution in [0.5, 0.6) is 5.75 Å². The fourth-order valence-corrected chi connectivity index (χ4v) is 3.33. The quantitative estimate of drug-likeness (QED) is 0.590. The Morgan fingerprint density at radius 3 is 1.97 bits per heavy atom. The Morgan fingerprint density at radius 1 is 0.897 bits per heavy atom. The number of nitrogens with zero attached hydrogens (tertiary/aromatic N) is 1. The van der Waals surface area contributed by atoms with E-state index in [-0.39, 0.29) is 11.9 Å². The number of rotatable bonds is 9. The molecule has 4 heteroatoms. The lowest BCUT2D eigenvalue weighted by Crippen LogP contribution is -2.37. The Morgan fingerprint density at radius 2 is 1.45 bits per heavy atom. The zero-order valence-corrected chi connectivity index (χ0v) is 17.0. The molecule has 0 aliphatic heterocycles. The van der Waals surface area contributed by atoms with Gasteiger partial charge in [-0.3, -0.25) is 9.69 Å². The first-order valence-electron chi connectivity index (χ1n) is 9.95. The molecular formula is C25H28N2O2. The molecule has 3 aromatic rings. The fraction of sp³-hybridized carbons (Fsp3) is 0.240. The van der Waals surface area contributed by atoms with Gasteiger partial charge in [-0.1, -0.05) is 72.8 Å². The van der Waals surface area contributed by atoms with E-state index in [1.54, 1.807) is 0 Å². The Kier molecular flexibility index (Phi) is 7.42. The normalized spacial score (nSPS) is 10.9. The molecule has 4 nitrogen and oxygen atoms in total. The lowest BCUT2D eigenvalue weighted by Gasteiger charge is -2.22. The number of likely N-dealkylation sites (N-methyl/N-ethyl adjacent to an activating group) is 1. The topological polar surface area (TPSA) is 41.6 Å². The molecule has 150 valence electrons. The Balaban J connectivity index is 1.62. The van der Waals surface area contributed by atoms with Crippen LogP contribution in [0.4, 0.5) is 0 Å². The zero-order chi connectivity index (χ0) is 20.5. The lowest BCUT2D eigenvalue weighted by atomic mass is 9.99. The highest BCUT2D eigenvalue weighted by molar-refractivity contribution is 5.79. The molecule has 0 aliphatic rings. The van der Waals surface area contributed by atoms with E-state index < -0.39 is 0 Å². The zero-order valence-electron chi connectivity index (χ0n) is 17.0. The lowest BCUT2D eigenvalue weighted by molar-refractivity contribution is -0.122. The Labute approximate surface area is 173 Å². The average Bonchev–Trinajstić information content (AvgIpc) is 2.75. The van der Waals surface area contributed by atoms with Gasteiger partial charge in [0, 0.05) is 6.54 Å². The summed E-state index contributed by atoms with van der Waals surface area (Å²) < 4.78 is 5.48. The third-order valence-electron chi connectivity index (χ3n) is 4.67. The van der Waals surface area contributed by atoms with E-state index in [4.69, 9.17) is 4.74 Å². The molecule has 29 heavy (non-hydrogen) atoms. The summed E-state index contributed by atoms with van der Waals surface area (Å²) in [5.74, 6) is 0.862. The van der Waals surface area contributed by atoms with Crippen LogP contribution in [0.15, 0.2) is 84.9 Å². The molecule has 0 saturated carbocycles. The van der Waals surface area contributed by atoms with Crippen LogP contribution in [0.25, 0.3) is 0 Å². The third kappa shape index (κ3) is 6.19. The molecule has 3 rings (SSSR count). The highest BCUT2D eigenvalue weighted by Crippen LogP contribution is 2.21. The number of carbonyl (C=O) groups excluding carboxylic acids is 1. The van der Waals surface area contributed by atoms with Crippen LogP contribution in [0.2, 0.25) is 0 Å². The van der Waals surface area contributed by atoms with Gasteiger partial charge in [-0.05, 0) is 42.8 Å². The summed E-state index contributed by atoms with van der Waals surface area (Å²) in [4.78, 5) is 14.8. The van der Waals surface area contributed by atoms with Gasteiger partial charge in [0.05, 0.1) is 19.2 Å². The maximum Gasteiger partial charge on any atom is 0.234 e. The molecule has 0 saturated heterocycles. The molecule has 0 radical (unpaired) electrons. The van der Waals surface area contributed by atoms with Gasteiger partial charge in [0.25, 0.3) is 0 Å². The van der Waals surface area contributed by atoms with E-state index in [1.165, 1.54) is 0 Å². The molecule has 0 spiro atoms. The standard InChI is InChI=1S/C25H28N2O2/c1-3-29-23-16-14-20(15-17-23)18-27(2)19-24(28)26-25(21-10-6-4-7-11-21)22-12-8-5-9-13-22/h4-17,25H,3,18-19H2,1-2H3,(H,26,28). The van der Waals surface area contributed by atoms with Crippen molar-refractivity contribution in [2.24, 2.45) is 0 Å². The summed E-state index contributed by atoms with van der Waals surface area (Å²) in [6.07, 6.45) is 0. The molecule has 1 amide bonds. The van der Waals surface area contributed by atoms with Gasteiger partial charge in [-0.2, -0.15) is 0 Å². The van der Waals surface area contributed by atoms with Gasteiger partial charge in [0.1, 0.15) is 5.75 Å². The first-order valence-corrected chi connectivity index (χ1v) is 9.95. The molecule has 0 aromatic heterocycles. The van der Waals surface area contributed by atoms with Crippen molar-refractivity contribution in [3.05, 3.63) is 102 Å². The number of benzene rings is 3. The molecule has 0 atom stereocenters. The van der Waals surface area contributed by atoms with E-state index in [1.807, 2.05) is 104 Å². The first kappa shape index (κ1) is 20.6. The number of carbonyl (C=O) groups is 1. The van der Waals surface area contributed by atoms with Crippen LogP contribution in [0, 0.1) is 0 Å². The Hall–Kier alpha value is -3.11. The maximum atomic E-state index is 12.8. The van der Waals surface area contributed by atoms with E-state index in [2.05, 4.69) is 5.32 Å². The van der Waals surface area contributed by atoms with Gasteiger partial charge in [0.15, 0.2) is 0 Å². The van der Waals surface area contributed by atoms with E-state index in [0.717, 1.165) is 22.4 Å². The van der Waals surface area contributed by atoms with E-state index in [0.29, 0.717) is 19.7 Å². The second-order valence-electron chi connectivity index (χ2n) is 7.07. The van der Waals surface area contributed by atoms with Gasteiger partial charge >= 0.3 is 0 Å². The van der Waals surface area contributed by atoms with Crippen molar-refractivity contribution in [3.63, 3.8) is 0 Å². The van der Waals surface area contributed by atoms with Gasteiger partial charge < -0.3 is 10.1 Å². The number of amides is 1. The molecule has 0 unspecified atom stereocenters. The van der Waals surface area contributed by atoms with Crippen molar-refractivity contribution in [2.75, 3.05) is 20.2 Å². The van der Waals surface area contributed by atoms with E-state index >= 15 is 0 Å². The second kappa shape index (κ2) is 10.4. The number of hydrogen-bond acceptors (Lipinski definition) is 3. The molecule has 0 fully saturated rings. The Bertz CT molecular complexity index is 840. The highest BCUT2D eigenvalue weighted by atomic mass is 16.5. The minimum atomic E-state index is -0.163. The third-order valence-corrected chi connectivity index (χ3v) is 4.67. The van der Waals surface area contributed by atoms with Crippen LogP contribution < -0.4 is 10.1 Å². The van der Waals surface area contributed by atoms with Crippen molar-refractivity contribution in [3.8, 4) is 5.75 Å². The predicted octanol–water partition coefficient (Wildman–Crippen LogP) is 4.42. The van der Waals surface area contributed by atoms with Crippen LogP contribution in [0.1, 0.15) is 29.7 Å². The van der Waals surface area contributed by atoms with Crippen molar-refractivity contribution >= 4 is 5.91 Å². The van der Waals surface area contributed by atoms with Crippen molar-refractivity contribution < 1.29 is 9.53 Å². The summed E-state index contributed by atoms with van der Waals surface area (Å²) >= 11 is 0. The van der Waals surface area contributed by atoms with Crippen molar-refractivity contribution in [1.29, 1.82) is 0 Å². The van der Waals surface area contributed by atoms with Crippen LogP contribution in [0.3, 0.4) is 0 Å². The first-order chi connectivity index (χ1) is 14.2. The van der Waals surface area contributed by atoms with Gasteiger partial charge in [-0.25, -0.2) is 0 Å². The molecule has 0 aliphatic carbocycles. The number of ether oxygens (including phenoxy) is 1. The van der Waals surface area contributed by atoms with Crippen LogP contribution >= 0.6 is 0 Å². The monoisotopic (exact) mass is 388 g/mol. The highest BCUT2D eigenvalue weighted by Gasteiger charge is 2.17. The molecule has 1 N–H and O–H groups in total. The van der Waals surface area contributed by atoms with E-state index in [9.17, 15) is 4.79 Å². The summed E-state index contributed by atoms with van der Waals surface area (Å²) in [7, 11) is 1.95. The molecule has 3 aromatic carbocycles. The summed E-state index contributed by atoms with van der Waals surface area (Å²) in [6, 6.07) is 28.0. The molecule has 0 heterocycles. The minimum Gasteiger partial charge on any atom is -0.494 e. The maximum absolute atomic E-state index is 12.8. The minimum absolute atomic E-state index is 0.00357. The summed E-state index contributed by atoms with van der Waals surface area (Å²) in [5, 5.41) is 3.19. The predicted molar refractivity (Wildman–Crippen MR) is 117 cm³/mol. The van der Waals surface area contributed by atoms with Crippen LogP contribution in [-0.4, -0.2) is 31.0 Å². The van der Waals surface area contributed by atoms with Gasteiger partial charge in [-0.15, -0.1) is 0 Å². The SMILES string of the molecule is CCOc1ccc(CN(C)CC(=O)NC(c2ccccc2)c2ccccc2)cc1.